The molecule has 0 bridgehead atoms. The molecule has 0 fully saturated rings. The van der Waals surface area contributed by atoms with Gasteiger partial charge in [0.2, 0.25) is 11.8 Å². The lowest BCUT2D eigenvalue weighted by Gasteiger charge is -2.13. The Labute approximate surface area is 146 Å². The lowest BCUT2D eigenvalue weighted by atomic mass is 10.1. The molecule has 0 saturated carbocycles. The molecule has 0 aliphatic heterocycles. The van der Waals surface area contributed by atoms with Gasteiger partial charge in [-0.1, -0.05) is 6.92 Å². The number of rotatable bonds is 7. The van der Waals surface area contributed by atoms with Crippen LogP contribution in [0, 0.1) is 12.8 Å². The number of hydrogen-bond donors (Lipinski definition) is 2. The molecule has 7 heteroatoms. The highest BCUT2D eigenvalue weighted by Gasteiger charge is 2.13. The molecule has 1 aromatic heterocycles. The van der Waals surface area contributed by atoms with Gasteiger partial charge < -0.3 is 10.6 Å². The molecule has 1 heterocycles. The number of carbonyl (C=O) groups is 2. The molecule has 2 amide bonds. The summed E-state index contributed by atoms with van der Waals surface area (Å²) in [6.45, 7) is 3.96. The van der Waals surface area contributed by atoms with E-state index in [1.54, 1.807) is 47.0 Å². The van der Waals surface area contributed by atoms with E-state index in [0.29, 0.717) is 0 Å². The van der Waals surface area contributed by atoms with E-state index in [9.17, 15) is 9.59 Å². The molecule has 1 unspecified atom stereocenters. The van der Waals surface area contributed by atoms with E-state index in [-0.39, 0.29) is 24.3 Å². The van der Waals surface area contributed by atoms with E-state index in [4.69, 9.17) is 0 Å². The van der Waals surface area contributed by atoms with Crippen LogP contribution in [-0.2, 0) is 16.1 Å². The third-order valence-corrected chi connectivity index (χ3v) is 4.33. The third kappa shape index (κ3) is 5.13. The summed E-state index contributed by atoms with van der Waals surface area (Å²) in [5, 5.41) is 9.77. The van der Waals surface area contributed by atoms with E-state index in [2.05, 4.69) is 15.7 Å². The Morgan fingerprint density at radius 2 is 2.12 bits per heavy atom. The van der Waals surface area contributed by atoms with Gasteiger partial charge in [-0.2, -0.15) is 16.9 Å². The topological polar surface area (TPSA) is 76.0 Å². The zero-order chi connectivity index (χ0) is 17.5. The van der Waals surface area contributed by atoms with Gasteiger partial charge in [0, 0.05) is 35.4 Å². The maximum absolute atomic E-state index is 12.1. The monoisotopic (exact) mass is 346 g/mol. The number of nitrogens with one attached hydrogen (secondary N) is 2. The molecule has 0 aliphatic rings. The van der Waals surface area contributed by atoms with Crippen molar-refractivity contribution in [3.8, 4) is 0 Å². The van der Waals surface area contributed by atoms with Crippen LogP contribution in [0.1, 0.15) is 12.5 Å². The molecular formula is C17H22N4O2S. The summed E-state index contributed by atoms with van der Waals surface area (Å²) in [4.78, 5) is 24.1. The SMILES string of the molecule is CSCC(C)C(=O)Nc1ccc(NC(=O)Cn2cccn2)c(C)c1. The lowest BCUT2D eigenvalue weighted by molar-refractivity contribution is -0.119. The molecule has 6 nitrogen and oxygen atoms in total. The van der Waals surface area contributed by atoms with Crippen molar-refractivity contribution in [2.24, 2.45) is 5.92 Å². The summed E-state index contributed by atoms with van der Waals surface area (Å²) < 4.78 is 1.56. The van der Waals surface area contributed by atoms with Crippen molar-refractivity contribution in [2.75, 3.05) is 22.6 Å². The van der Waals surface area contributed by atoms with Gasteiger partial charge in [-0.15, -0.1) is 0 Å². The number of hydrogen-bond acceptors (Lipinski definition) is 4. The first kappa shape index (κ1) is 18.1. The minimum absolute atomic E-state index is 0.000724. The zero-order valence-electron chi connectivity index (χ0n) is 14.1. The Hall–Kier alpha value is -2.28. The van der Waals surface area contributed by atoms with E-state index in [1.807, 2.05) is 26.2 Å². The molecule has 0 saturated heterocycles. The third-order valence-electron chi connectivity index (χ3n) is 3.50. The van der Waals surface area contributed by atoms with Crippen molar-refractivity contribution in [2.45, 2.75) is 20.4 Å². The molecule has 0 aliphatic carbocycles. The second-order valence-corrected chi connectivity index (χ2v) is 6.54. The van der Waals surface area contributed by atoms with Crippen molar-refractivity contribution < 1.29 is 9.59 Å². The average molecular weight is 346 g/mol. The first-order chi connectivity index (χ1) is 11.5. The fourth-order valence-electron chi connectivity index (χ4n) is 2.20. The minimum atomic E-state index is -0.146. The van der Waals surface area contributed by atoms with E-state index in [1.165, 1.54) is 0 Å². The largest absolute Gasteiger partial charge is 0.326 e. The van der Waals surface area contributed by atoms with Crippen LogP contribution in [0.25, 0.3) is 0 Å². The Morgan fingerprint density at radius 3 is 2.75 bits per heavy atom. The van der Waals surface area contributed by atoms with Crippen molar-refractivity contribution in [3.05, 3.63) is 42.2 Å². The van der Waals surface area contributed by atoms with E-state index in [0.717, 1.165) is 22.7 Å². The molecular weight excluding hydrogens is 324 g/mol. The van der Waals surface area contributed by atoms with Gasteiger partial charge in [0.25, 0.3) is 0 Å². The van der Waals surface area contributed by atoms with Crippen LogP contribution in [0.4, 0.5) is 11.4 Å². The molecule has 0 radical (unpaired) electrons. The molecule has 24 heavy (non-hydrogen) atoms. The first-order valence-corrected chi connectivity index (χ1v) is 9.06. The van der Waals surface area contributed by atoms with Gasteiger partial charge >= 0.3 is 0 Å². The van der Waals surface area contributed by atoms with Gasteiger partial charge in [0.1, 0.15) is 6.54 Å². The van der Waals surface area contributed by atoms with Crippen LogP contribution in [0.3, 0.4) is 0 Å². The highest BCUT2D eigenvalue weighted by atomic mass is 32.2. The van der Waals surface area contributed by atoms with Crippen molar-refractivity contribution >= 4 is 35.0 Å². The number of benzene rings is 1. The number of carbonyl (C=O) groups excluding carboxylic acids is 2. The Balaban J connectivity index is 1.96. The Morgan fingerprint density at radius 1 is 1.33 bits per heavy atom. The highest BCUT2D eigenvalue weighted by Crippen LogP contribution is 2.20. The standard InChI is InChI=1S/C17H22N4O2S/c1-12-9-14(19-17(23)13(2)11-24-3)5-6-15(12)20-16(22)10-21-8-4-7-18-21/h4-9,13H,10-11H2,1-3H3,(H,19,23)(H,20,22). The number of aryl methyl sites for hydroxylation is 1. The number of amides is 2. The predicted molar refractivity (Wildman–Crippen MR) is 98.2 cm³/mol. The summed E-state index contributed by atoms with van der Waals surface area (Å²) in [5.41, 5.74) is 2.34. The first-order valence-electron chi connectivity index (χ1n) is 7.67. The second-order valence-electron chi connectivity index (χ2n) is 5.63. The highest BCUT2D eigenvalue weighted by molar-refractivity contribution is 7.98. The van der Waals surface area contributed by atoms with Crippen LogP contribution in [0.2, 0.25) is 0 Å². The summed E-state index contributed by atoms with van der Waals surface area (Å²) in [6, 6.07) is 7.21. The van der Waals surface area contributed by atoms with Crippen LogP contribution >= 0.6 is 11.8 Å². The van der Waals surface area contributed by atoms with Crippen molar-refractivity contribution in [1.29, 1.82) is 0 Å². The van der Waals surface area contributed by atoms with Gasteiger partial charge in [-0.25, -0.2) is 0 Å². The molecule has 0 spiro atoms. The van der Waals surface area contributed by atoms with Crippen LogP contribution < -0.4 is 10.6 Å². The quantitative estimate of drug-likeness (QED) is 0.808. The maximum Gasteiger partial charge on any atom is 0.246 e. The van der Waals surface area contributed by atoms with Crippen LogP contribution in [0.15, 0.2) is 36.7 Å². The Bertz CT molecular complexity index is 701. The fraction of sp³-hybridized carbons (Fsp3) is 0.353. The van der Waals surface area contributed by atoms with Gasteiger partial charge in [0.05, 0.1) is 0 Å². The van der Waals surface area contributed by atoms with E-state index >= 15 is 0 Å². The number of thioether (sulfide) groups is 1. The smallest absolute Gasteiger partial charge is 0.246 e. The summed E-state index contributed by atoms with van der Waals surface area (Å²) in [6.07, 6.45) is 5.35. The van der Waals surface area contributed by atoms with Gasteiger partial charge in [0.15, 0.2) is 0 Å². The molecule has 2 rings (SSSR count). The summed E-state index contributed by atoms with van der Waals surface area (Å²) >= 11 is 1.65. The normalized spacial score (nSPS) is 11.8. The molecule has 2 aromatic rings. The van der Waals surface area contributed by atoms with Crippen LogP contribution in [-0.4, -0.2) is 33.6 Å². The number of anilines is 2. The molecule has 2 N–H and O–H groups in total. The zero-order valence-corrected chi connectivity index (χ0v) is 14.9. The number of nitrogens with zero attached hydrogens (tertiary/aromatic N) is 2. The maximum atomic E-state index is 12.1. The molecule has 128 valence electrons. The number of aromatic nitrogens is 2. The predicted octanol–water partition coefficient (Wildman–Crippen LogP) is 2.77. The average Bonchev–Trinajstić information content (AvgIpc) is 3.03. The fourth-order valence-corrected chi connectivity index (χ4v) is 2.86. The summed E-state index contributed by atoms with van der Waals surface area (Å²) in [5.74, 6) is 0.590. The van der Waals surface area contributed by atoms with Gasteiger partial charge in [-0.3, -0.25) is 14.3 Å². The van der Waals surface area contributed by atoms with Crippen molar-refractivity contribution in [3.63, 3.8) is 0 Å². The lowest BCUT2D eigenvalue weighted by Crippen LogP contribution is -2.22. The van der Waals surface area contributed by atoms with Gasteiger partial charge in [-0.05, 0) is 43.0 Å². The summed E-state index contributed by atoms with van der Waals surface area (Å²) in [7, 11) is 0. The molecule has 1 atom stereocenters. The Kier molecular flexibility index (Phi) is 6.43. The van der Waals surface area contributed by atoms with Crippen molar-refractivity contribution in [1.82, 2.24) is 9.78 Å². The molecule has 1 aromatic carbocycles. The second kappa shape index (κ2) is 8.54. The van der Waals surface area contributed by atoms with E-state index < -0.39 is 0 Å². The van der Waals surface area contributed by atoms with Crippen LogP contribution in [0.5, 0.6) is 0 Å². The minimum Gasteiger partial charge on any atom is -0.326 e.